The Kier molecular flexibility index (Phi) is 7.38. The number of ether oxygens (including phenoxy) is 2. The minimum atomic E-state index is 0.285. The van der Waals surface area contributed by atoms with Crippen molar-refractivity contribution in [3.8, 4) is 11.5 Å². The Hall–Kier alpha value is -2.70. The molecule has 0 amide bonds. The molecular formula is C22H32N4O3. The fourth-order valence-electron chi connectivity index (χ4n) is 3.37. The third-order valence-corrected chi connectivity index (χ3v) is 5.10. The van der Waals surface area contributed by atoms with Crippen LogP contribution in [0.4, 0.5) is 0 Å². The van der Waals surface area contributed by atoms with Gasteiger partial charge in [-0.05, 0) is 58.6 Å². The molecule has 1 saturated carbocycles. The van der Waals surface area contributed by atoms with Gasteiger partial charge in [-0.15, -0.1) is 0 Å². The molecule has 1 aliphatic rings. The van der Waals surface area contributed by atoms with Crippen LogP contribution in [-0.2, 0) is 13.1 Å². The van der Waals surface area contributed by atoms with E-state index in [0.29, 0.717) is 24.9 Å². The fraction of sp³-hybridized carbons (Fsp3) is 0.545. The number of nitrogens with one attached hydrogen (secondary N) is 2. The molecular weight excluding hydrogens is 368 g/mol. The highest BCUT2D eigenvalue weighted by atomic mass is 16.5. The van der Waals surface area contributed by atoms with Gasteiger partial charge in [0.25, 0.3) is 0 Å². The number of aryl methyl sites for hydroxylation is 2. The number of benzene rings is 1. The van der Waals surface area contributed by atoms with Gasteiger partial charge in [0.1, 0.15) is 17.3 Å². The van der Waals surface area contributed by atoms with Crippen LogP contribution in [0.5, 0.6) is 11.5 Å². The van der Waals surface area contributed by atoms with Gasteiger partial charge in [0.15, 0.2) is 5.96 Å². The zero-order valence-electron chi connectivity index (χ0n) is 17.9. The average Bonchev–Trinajstić information content (AvgIpc) is 3.34. The summed E-state index contributed by atoms with van der Waals surface area (Å²) in [6.45, 7) is 7.65. The van der Waals surface area contributed by atoms with E-state index in [1.54, 1.807) is 7.11 Å². The Morgan fingerprint density at radius 1 is 1.24 bits per heavy atom. The topological polar surface area (TPSA) is 80.9 Å². The maximum Gasteiger partial charge on any atom is 0.214 e. The van der Waals surface area contributed by atoms with Gasteiger partial charge in [-0.1, -0.05) is 0 Å². The molecule has 158 valence electrons. The van der Waals surface area contributed by atoms with E-state index in [1.165, 1.54) is 12.8 Å². The Morgan fingerprint density at radius 2 is 2.03 bits per heavy atom. The Balaban J connectivity index is 1.69. The first-order valence-electron chi connectivity index (χ1n) is 10.4. The van der Waals surface area contributed by atoms with Crippen LogP contribution in [-0.4, -0.2) is 30.7 Å². The van der Waals surface area contributed by atoms with Crippen molar-refractivity contribution < 1.29 is 13.9 Å². The molecule has 1 aliphatic carbocycles. The number of aliphatic imine (C=N–C) groups is 1. The summed E-state index contributed by atoms with van der Waals surface area (Å²) < 4.78 is 17.3. The highest BCUT2D eigenvalue weighted by Gasteiger charge is 2.18. The second-order valence-electron chi connectivity index (χ2n) is 7.30. The maximum atomic E-state index is 6.27. The van der Waals surface area contributed by atoms with Crippen LogP contribution in [0, 0.1) is 13.8 Å². The van der Waals surface area contributed by atoms with E-state index >= 15 is 0 Å². The molecule has 1 aromatic heterocycles. The molecule has 1 aromatic carbocycles. The van der Waals surface area contributed by atoms with E-state index in [-0.39, 0.29) is 6.10 Å². The van der Waals surface area contributed by atoms with Gasteiger partial charge in [0.05, 0.1) is 32.0 Å². The summed E-state index contributed by atoms with van der Waals surface area (Å²) in [5.41, 5.74) is 1.95. The molecule has 3 rings (SSSR count). The molecule has 0 spiro atoms. The van der Waals surface area contributed by atoms with E-state index in [4.69, 9.17) is 18.9 Å². The normalized spacial score (nSPS) is 14.8. The lowest BCUT2D eigenvalue weighted by Gasteiger charge is -2.17. The number of guanidine groups is 1. The molecule has 2 N–H and O–H groups in total. The van der Waals surface area contributed by atoms with Crippen molar-refractivity contribution in [3.05, 3.63) is 41.1 Å². The molecule has 1 fully saturated rings. The summed E-state index contributed by atoms with van der Waals surface area (Å²) >= 11 is 0. The van der Waals surface area contributed by atoms with Gasteiger partial charge in [-0.3, -0.25) is 0 Å². The Morgan fingerprint density at radius 3 is 2.69 bits per heavy atom. The molecule has 0 aliphatic heterocycles. The summed E-state index contributed by atoms with van der Waals surface area (Å²) in [5.74, 6) is 3.86. The molecule has 0 radical (unpaired) electrons. The quantitative estimate of drug-likeness (QED) is 0.517. The first-order chi connectivity index (χ1) is 14.1. The van der Waals surface area contributed by atoms with Crippen LogP contribution in [0.3, 0.4) is 0 Å². The van der Waals surface area contributed by atoms with Crippen molar-refractivity contribution in [1.29, 1.82) is 0 Å². The first kappa shape index (κ1) is 21.0. The van der Waals surface area contributed by atoms with E-state index in [2.05, 4.69) is 15.6 Å². The van der Waals surface area contributed by atoms with Crippen LogP contribution in [0.1, 0.15) is 55.5 Å². The monoisotopic (exact) mass is 400 g/mol. The molecule has 2 aromatic rings. The van der Waals surface area contributed by atoms with Crippen LogP contribution in [0.25, 0.3) is 0 Å². The van der Waals surface area contributed by atoms with Crippen LogP contribution >= 0.6 is 0 Å². The molecule has 1 heterocycles. The summed E-state index contributed by atoms with van der Waals surface area (Å²) in [6, 6.07) is 5.93. The van der Waals surface area contributed by atoms with Gasteiger partial charge >= 0.3 is 0 Å². The Bertz CT molecular complexity index is 806. The van der Waals surface area contributed by atoms with Gasteiger partial charge < -0.3 is 24.5 Å². The van der Waals surface area contributed by atoms with Crippen LogP contribution in [0.15, 0.2) is 27.6 Å². The van der Waals surface area contributed by atoms with Crippen molar-refractivity contribution in [2.45, 2.75) is 65.6 Å². The highest BCUT2D eigenvalue weighted by Crippen LogP contribution is 2.30. The predicted octanol–water partition coefficient (Wildman–Crippen LogP) is 3.88. The lowest BCUT2D eigenvalue weighted by atomic mass is 10.2. The van der Waals surface area contributed by atoms with Gasteiger partial charge in [-0.2, -0.15) is 0 Å². The molecule has 29 heavy (non-hydrogen) atoms. The number of aromatic nitrogens is 1. The van der Waals surface area contributed by atoms with Gasteiger partial charge in [0, 0.05) is 18.2 Å². The first-order valence-corrected chi connectivity index (χ1v) is 10.4. The second-order valence-corrected chi connectivity index (χ2v) is 7.30. The molecule has 0 atom stereocenters. The third-order valence-electron chi connectivity index (χ3n) is 5.10. The van der Waals surface area contributed by atoms with E-state index in [0.717, 1.165) is 47.9 Å². The number of rotatable bonds is 8. The standard InChI is InChI=1S/C22H32N4O3/c1-5-23-22(25-14-21-26-15(2)16(3)28-21)24-13-17-10-11-19(27-4)12-20(17)29-18-8-6-7-9-18/h10-12,18H,5-9,13-14H2,1-4H3,(H2,23,24,25). The predicted molar refractivity (Wildman–Crippen MR) is 114 cm³/mol. The van der Waals surface area contributed by atoms with Crippen LogP contribution in [0.2, 0.25) is 0 Å². The fourth-order valence-corrected chi connectivity index (χ4v) is 3.37. The average molecular weight is 401 g/mol. The summed E-state index contributed by atoms with van der Waals surface area (Å²) in [6.07, 6.45) is 4.97. The zero-order valence-corrected chi connectivity index (χ0v) is 17.9. The van der Waals surface area contributed by atoms with Crippen molar-refractivity contribution >= 4 is 5.96 Å². The largest absolute Gasteiger partial charge is 0.497 e. The molecule has 0 saturated heterocycles. The lowest BCUT2D eigenvalue weighted by Crippen LogP contribution is -2.36. The maximum absolute atomic E-state index is 6.27. The number of oxazole rings is 1. The zero-order chi connectivity index (χ0) is 20.6. The molecule has 7 heteroatoms. The summed E-state index contributed by atoms with van der Waals surface area (Å²) in [7, 11) is 1.67. The van der Waals surface area contributed by atoms with Crippen molar-refractivity contribution in [3.63, 3.8) is 0 Å². The number of hydrogen-bond donors (Lipinski definition) is 2. The molecule has 0 unspecified atom stereocenters. The number of methoxy groups -OCH3 is 1. The Labute approximate surface area is 172 Å². The second kappa shape index (κ2) is 10.2. The third kappa shape index (κ3) is 5.89. The minimum Gasteiger partial charge on any atom is -0.497 e. The van der Waals surface area contributed by atoms with Gasteiger partial charge in [0.2, 0.25) is 5.89 Å². The number of hydrogen-bond acceptors (Lipinski definition) is 5. The summed E-state index contributed by atoms with van der Waals surface area (Å²) in [5, 5.41) is 6.54. The van der Waals surface area contributed by atoms with E-state index in [1.807, 2.05) is 39.0 Å². The summed E-state index contributed by atoms with van der Waals surface area (Å²) in [4.78, 5) is 9.13. The van der Waals surface area contributed by atoms with Gasteiger partial charge in [-0.25, -0.2) is 9.98 Å². The number of nitrogens with zero attached hydrogens (tertiary/aromatic N) is 2. The van der Waals surface area contributed by atoms with Crippen LogP contribution < -0.4 is 20.1 Å². The lowest BCUT2D eigenvalue weighted by molar-refractivity contribution is 0.207. The van der Waals surface area contributed by atoms with E-state index in [9.17, 15) is 0 Å². The van der Waals surface area contributed by atoms with E-state index < -0.39 is 0 Å². The van der Waals surface area contributed by atoms with Crippen molar-refractivity contribution in [2.24, 2.45) is 4.99 Å². The highest BCUT2D eigenvalue weighted by molar-refractivity contribution is 5.79. The molecule has 7 nitrogen and oxygen atoms in total. The molecule has 0 bridgehead atoms. The SMILES string of the molecule is CCNC(=NCc1ccc(OC)cc1OC1CCCC1)NCc1nc(C)c(C)o1. The van der Waals surface area contributed by atoms with Crippen molar-refractivity contribution in [2.75, 3.05) is 13.7 Å². The minimum absolute atomic E-state index is 0.285. The smallest absolute Gasteiger partial charge is 0.214 e. The van der Waals surface area contributed by atoms with Crippen molar-refractivity contribution in [1.82, 2.24) is 15.6 Å².